The first-order valence-corrected chi connectivity index (χ1v) is 15.7. The van der Waals surface area contributed by atoms with Gasteiger partial charge in [0.05, 0.1) is 30.3 Å². The molecular weight excluding hydrogens is 580 g/mol. The highest BCUT2D eigenvalue weighted by Crippen LogP contribution is 2.22. The third kappa shape index (κ3) is 8.74. The largest absolute Gasteiger partial charge is 0.462 e. The Labute approximate surface area is 257 Å². The maximum absolute atomic E-state index is 14.0. The number of aromatic nitrogens is 2. The molecule has 11 heteroatoms. The van der Waals surface area contributed by atoms with E-state index in [0.29, 0.717) is 23.4 Å². The van der Waals surface area contributed by atoms with Crippen LogP contribution in [-0.4, -0.2) is 49.1 Å². The molecule has 0 bridgehead atoms. The average molecular weight is 615 g/mol. The number of hydrogen-bond donors (Lipinski definition) is 1. The number of anilines is 1. The van der Waals surface area contributed by atoms with Crippen LogP contribution in [0.15, 0.2) is 103 Å². The van der Waals surface area contributed by atoms with Crippen molar-refractivity contribution in [2.45, 2.75) is 26.8 Å². The van der Waals surface area contributed by atoms with E-state index < -0.39 is 33.7 Å². The van der Waals surface area contributed by atoms with Crippen molar-refractivity contribution in [3.8, 4) is 0 Å². The molecule has 0 saturated heterocycles. The zero-order valence-electron chi connectivity index (χ0n) is 24.5. The Hall–Kier alpha value is -5.03. The van der Waals surface area contributed by atoms with Crippen LogP contribution < -0.4 is 9.62 Å². The Balaban J connectivity index is 1.61. The van der Waals surface area contributed by atoms with Gasteiger partial charge in [-0.15, -0.1) is 0 Å². The minimum atomic E-state index is -4.24. The van der Waals surface area contributed by atoms with Gasteiger partial charge in [0, 0.05) is 18.4 Å². The summed E-state index contributed by atoms with van der Waals surface area (Å²) in [6, 6.07) is 24.7. The summed E-state index contributed by atoms with van der Waals surface area (Å²) in [5.41, 5.74) is 2.83. The van der Waals surface area contributed by atoms with Gasteiger partial charge < -0.3 is 9.64 Å². The summed E-state index contributed by atoms with van der Waals surface area (Å²) in [4.78, 5) is 41.2. The maximum Gasteiger partial charge on any atom is 0.338 e. The van der Waals surface area contributed by atoms with Gasteiger partial charge in [0.25, 0.3) is 10.0 Å². The van der Waals surface area contributed by atoms with E-state index in [1.807, 2.05) is 35.1 Å². The zero-order chi connectivity index (χ0) is 31.5. The third-order valence-corrected chi connectivity index (χ3v) is 7.64. The molecule has 4 aromatic rings. The molecule has 2 amide bonds. The quantitative estimate of drug-likeness (QED) is 0.174. The number of carbonyl (C=O) groups excluding carboxylic acids is 3. The molecular formula is C33H34N4O6S. The van der Waals surface area contributed by atoms with E-state index in [0.717, 1.165) is 11.0 Å². The number of sulfonamides is 1. The summed E-state index contributed by atoms with van der Waals surface area (Å²) in [5.74, 6) is -3.59. The van der Waals surface area contributed by atoms with Crippen molar-refractivity contribution in [3.05, 3.63) is 125 Å². The maximum atomic E-state index is 14.0. The molecule has 10 nitrogen and oxygen atoms in total. The normalized spacial score (nSPS) is 12.0. The molecule has 0 fully saturated rings. The second-order valence-electron chi connectivity index (χ2n) is 9.87. The fraction of sp³-hybridized carbons (Fsp3) is 0.212. The lowest BCUT2D eigenvalue weighted by Crippen LogP contribution is -2.46. The van der Waals surface area contributed by atoms with Gasteiger partial charge in [-0.25, -0.2) is 17.9 Å². The third-order valence-electron chi connectivity index (χ3n) is 6.66. The number of carbonyl (C=O) groups is 3. The summed E-state index contributed by atoms with van der Waals surface area (Å²) in [6.45, 7) is 4.24. The van der Waals surface area contributed by atoms with Gasteiger partial charge in [0.1, 0.15) is 5.92 Å². The lowest BCUT2D eigenvalue weighted by Gasteiger charge is -2.26. The second kappa shape index (κ2) is 14.9. The monoisotopic (exact) mass is 614 g/mol. The molecule has 0 saturated carbocycles. The molecule has 0 spiro atoms. The standard InChI is InChI=1S/C33H34N4O6S/c1-3-37(29-17-11-16-28(21-29)33(40)43-4-2)32(39)30(20-27-22-34-36(24-27)23-26-14-9-6-10-15-26)31(38)35-44(41,42)19-18-25-12-7-5-8-13-25/h5-19,21-22,24,30H,3-4,20,23H2,1-2H3,(H,35,38). The summed E-state index contributed by atoms with van der Waals surface area (Å²) in [6.07, 6.45) is 4.53. The van der Waals surface area contributed by atoms with Crippen LogP contribution in [0.25, 0.3) is 6.08 Å². The van der Waals surface area contributed by atoms with Gasteiger partial charge in [-0.2, -0.15) is 5.10 Å². The first kappa shape index (κ1) is 31.9. The summed E-state index contributed by atoms with van der Waals surface area (Å²) in [7, 11) is -4.24. The topological polar surface area (TPSA) is 128 Å². The average Bonchev–Trinajstić information content (AvgIpc) is 3.47. The first-order valence-electron chi connectivity index (χ1n) is 14.1. The van der Waals surface area contributed by atoms with Crippen LogP contribution in [0.4, 0.5) is 5.69 Å². The minimum Gasteiger partial charge on any atom is -0.462 e. The van der Waals surface area contributed by atoms with E-state index in [2.05, 4.69) is 5.10 Å². The van der Waals surface area contributed by atoms with Gasteiger partial charge in [-0.05, 0) is 61.2 Å². The van der Waals surface area contributed by atoms with Gasteiger partial charge in [-0.1, -0.05) is 66.7 Å². The number of rotatable bonds is 13. The van der Waals surface area contributed by atoms with Crippen LogP contribution in [0.5, 0.6) is 0 Å². The van der Waals surface area contributed by atoms with Crippen molar-refractivity contribution >= 4 is 39.6 Å². The summed E-state index contributed by atoms with van der Waals surface area (Å²) >= 11 is 0. The predicted molar refractivity (Wildman–Crippen MR) is 168 cm³/mol. The molecule has 0 radical (unpaired) electrons. The Morgan fingerprint density at radius 1 is 0.955 bits per heavy atom. The first-order chi connectivity index (χ1) is 21.2. The van der Waals surface area contributed by atoms with Crippen molar-refractivity contribution in [2.75, 3.05) is 18.1 Å². The van der Waals surface area contributed by atoms with Crippen LogP contribution in [0.3, 0.4) is 0 Å². The number of benzene rings is 3. The Morgan fingerprint density at radius 2 is 1.66 bits per heavy atom. The molecule has 1 N–H and O–H groups in total. The molecule has 0 aliphatic rings. The van der Waals surface area contributed by atoms with Gasteiger partial charge in [0.15, 0.2) is 0 Å². The SMILES string of the molecule is CCOC(=O)c1cccc(N(CC)C(=O)C(Cc2cnn(Cc3ccccc3)c2)C(=O)NS(=O)(=O)C=Cc2ccccc2)c1. The van der Waals surface area contributed by atoms with E-state index in [4.69, 9.17) is 4.74 Å². The number of nitrogens with zero attached hydrogens (tertiary/aromatic N) is 3. The van der Waals surface area contributed by atoms with Crippen LogP contribution >= 0.6 is 0 Å². The van der Waals surface area contributed by atoms with Crippen LogP contribution in [0.2, 0.25) is 0 Å². The van der Waals surface area contributed by atoms with E-state index in [9.17, 15) is 22.8 Å². The van der Waals surface area contributed by atoms with E-state index >= 15 is 0 Å². The fourth-order valence-corrected chi connectivity index (χ4v) is 5.37. The van der Waals surface area contributed by atoms with Crippen molar-refractivity contribution < 1.29 is 27.5 Å². The molecule has 0 aliphatic carbocycles. The lowest BCUT2D eigenvalue weighted by atomic mass is 9.98. The second-order valence-corrected chi connectivity index (χ2v) is 11.4. The smallest absolute Gasteiger partial charge is 0.338 e. The number of ether oxygens (including phenoxy) is 1. The molecule has 1 aromatic heterocycles. The van der Waals surface area contributed by atoms with Crippen LogP contribution in [-0.2, 0) is 37.3 Å². The molecule has 1 unspecified atom stereocenters. The molecule has 228 valence electrons. The van der Waals surface area contributed by atoms with Gasteiger partial charge in [0.2, 0.25) is 11.8 Å². The van der Waals surface area contributed by atoms with Crippen molar-refractivity contribution in [1.82, 2.24) is 14.5 Å². The van der Waals surface area contributed by atoms with Crippen LogP contribution in [0.1, 0.15) is 40.9 Å². The fourth-order valence-electron chi connectivity index (χ4n) is 4.54. The molecule has 3 aromatic carbocycles. The molecule has 1 heterocycles. The highest BCUT2D eigenvalue weighted by atomic mass is 32.2. The molecule has 4 rings (SSSR count). The molecule has 44 heavy (non-hydrogen) atoms. The number of nitrogens with one attached hydrogen (secondary N) is 1. The Morgan fingerprint density at radius 3 is 2.34 bits per heavy atom. The zero-order valence-corrected chi connectivity index (χ0v) is 25.3. The Kier molecular flexibility index (Phi) is 10.8. The van der Waals surface area contributed by atoms with E-state index in [1.54, 1.807) is 79.5 Å². The highest BCUT2D eigenvalue weighted by molar-refractivity contribution is 7.93. The molecule has 0 aliphatic heterocycles. The van der Waals surface area contributed by atoms with Crippen molar-refractivity contribution in [3.63, 3.8) is 0 Å². The number of amides is 2. The van der Waals surface area contributed by atoms with E-state index in [-0.39, 0.29) is 25.1 Å². The van der Waals surface area contributed by atoms with E-state index in [1.165, 1.54) is 17.0 Å². The van der Waals surface area contributed by atoms with Crippen molar-refractivity contribution in [1.29, 1.82) is 0 Å². The van der Waals surface area contributed by atoms with Crippen LogP contribution in [0, 0.1) is 5.92 Å². The Bertz CT molecular complexity index is 1720. The summed E-state index contributed by atoms with van der Waals surface area (Å²) < 4.78 is 34.6. The van der Waals surface area contributed by atoms with Gasteiger partial charge >= 0.3 is 5.97 Å². The lowest BCUT2D eigenvalue weighted by molar-refractivity contribution is -0.132. The number of esters is 1. The minimum absolute atomic E-state index is 0.106. The summed E-state index contributed by atoms with van der Waals surface area (Å²) in [5, 5.41) is 5.26. The van der Waals surface area contributed by atoms with Gasteiger partial charge in [-0.3, -0.25) is 14.3 Å². The van der Waals surface area contributed by atoms with Crippen molar-refractivity contribution in [2.24, 2.45) is 5.92 Å². The highest BCUT2D eigenvalue weighted by Gasteiger charge is 2.33. The number of hydrogen-bond acceptors (Lipinski definition) is 7. The predicted octanol–water partition coefficient (Wildman–Crippen LogP) is 4.44. The molecule has 1 atom stereocenters.